The summed E-state index contributed by atoms with van der Waals surface area (Å²) >= 11 is 0. The molecule has 0 radical (unpaired) electrons. The third-order valence-electron chi connectivity index (χ3n) is 3.44. The smallest absolute Gasteiger partial charge is 0.254 e. The number of ether oxygens (including phenoxy) is 1. The van der Waals surface area contributed by atoms with Gasteiger partial charge in [0.1, 0.15) is 5.75 Å². The molecule has 1 fully saturated rings. The molecule has 4 nitrogen and oxygen atoms in total. The monoisotopic (exact) mass is 249 g/mol. The average Bonchev–Trinajstić information content (AvgIpc) is 2.61. The predicted octanol–water partition coefficient (Wildman–Crippen LogP) is 1.68. The minimum absolute atomic E-state index is 0.0424. The Morgan fingerprint density at radius 3 is 2.44 bits per heavy atom. The van der Waals surface area contributed by atoms with Crippen molar-refractivity contribution in [3.05, 3.63) is 29.8 Å². The second-order valence-electron chi connectivity index (χ2n) is 5.31. The zero-order valence-corrected chi connectivity index (χ0v) is 11.0. The van der Waals surface area contributed by atoms with Crippen molar-refractivity contribution in [3.8, 4) is 5.75 Å². The van der Waals surface area contributed by atoms with Gasteiger partial charge >= 0.3 is 0 Å². The van der Waals surface area contributed by atoms with Crippen molar-refractivity contribution >= 4 is 5.91 Å². The van der Waals surface area contributed by atoms with E-state index in [-0.39, 0.29) is 11.4 Å². The Balaban J connectivity index is 2.20. The van der Waals surface area contributed by atoms with Gasteiger partial charge in [-0.05, 0) is 44.5 Å². The van der Waals surface area contributed by atoms with Crippen molar-refractivity contribution < 1.29 is 14.6 Å². The summed E-state index contributed by atoms with van der Waals surface area (Å²) in [5.41, 5.74) is 0.328. The van der Waals surface area contributed by atoms with E-state index in [4.69, 9.17) is 4.74 Å². The van der Waals surface area contributed by atoms with Crippen LogP contribution in [0.5, 0.6) is 5.75 Å². The maximum absolute atomic E-state index is 12.4. The lowest BCUT2D eigenvalue weighted by atomic mass is 10.0. The molecule has 1 saturated heterocycles. The summed E-state index contributed by atoms with van der Waals surface area (Å²) in [6.45, 7) is 4.35. The van der Waals surface area contributed by atoms with E-state index in [1.165, 1.54) is 0 Å². The third kappa shape index (κ3) is 2.34. The lowest BCUT2D eigenvalue weighted by Crippen LogP contribution is -2.42. The first-order valence-electron chi connectivity index (χ1n) is 6.08. The molecule has 1 unspecified atom stereocenters. The summed E-state index contributed by atoms with van der Waals surface area (Å²) in [4.78, 5) is 14.1. The number of hydrogen-bond donors (Lipinski definition) is 1. The van der Waals surface area contributed by atoms with E-state index in [1.54, 1.807) is 36.3 Å². The van der Waals surface area contributed by atoms with Gasteiger partial charge in [-0.1, -0.05) is 0 Å². The number of carbonyl (C=O) groups excluding carboxylic acids is 1. The highest BCUT2D eigenvalue weighted by Crippen LogP contribution is 2.30. The molecule has 18 heavy (non-hydrogen) atoms. The average molecular weight is 249 g/mol. The van der Waals surface area contributed by atoms with Crippen LogP contribution in [0.4, 0.5) is 0 Å². The Morgan fingerprint density at radius 2 is 2.00 bits per heavy atom. The van der Waals surface area contributed by atoms with E-state index >= 15 is 0 Å². The summed E-state index contributed by atoms with van der Waals surface area (Å²) in [7, 11) is 1.59. The predicted molar refractivity (Wildman–Crippen MR) is 68.7 cm³/mol. The molecule has 4 heteroatoms. The topological polar surface area (TPSA) is 49.8 Å². The first-order chi connectivity index (χ1) is 8.44. The molecule has 0 aromatic heterocycles. The van der Waals surface area contributed by atoms with Crippen molar-refractivity contribution in [1.82, 2.24) is 4.90 Å². The third-order valence-corrected chi connectivity index (χ3v) is 3.44. The fraction of sp³-hybridized carbons (Fsp3) is 0.500. The van der Waals surface area contributed by atoms with E-state index in [0.29, 0.717) is 18.5 Å². The number of hydrogen-bond acceptors (Lipinski definition) is 3. The summed E-state index contributed by atoms with van der Waals surface area (Å²) < 4.78 is 5.07. The molecule has 0 spiro atoms. The van der Waals surface area contributed by atoms with Gasteiger partial charge in [0.25, 0.3) is 5.91 Å². The van der Waals surface area contributed by atoms with Crippen LogP contribution in [-0.4, -0.2) is 41.2 Å². The summed E-state index contributed by atoms with van der Waals surface area (Å²) in [6.07, 6.45) is 0.191. The Labute approximate surface area is 107 Å². The maximum Gasteiger partial charge on any atom is 0.254 e. The number of likely N-dealkylation sites (tertiary alicyclic amines) is 1. The molecule has 1 aliphatic heterocycles. The lowest BCUT2D eigenvalue weighted by Gasteiger charge is -2.31. The van der Waals surface area contributed by atoms with Crippen molar-refractivity contribution in [1.29, 1.82) is 0 Å². The fourth-order valence-electron chi connectivity index (χ4n) is 2.46. The van der Waals surface area contributed by atoms with Gasteiger partial charge in [-0.15, -0.1) is 0 Å². The minimum atomic E-state index is -0.429. The van der Waals surface area contributed by atoms with Crippen LogP contribution >= 0.6 is 0 Å². The highest BCUT2D eigenvalue weighted by molar-refractivity contribution is 5.95. The normalized spacial score (nSPS) is 22.0. The highest BCUT2D eigenvalue weighted by atomic mass is 16.5. The van der Waals surface area contributed by atoms with Crippen molar-refractivity contribution in [2.24, 2.45) is 0 Å². The number of rotatable bonds is 2. The van der Waals surface area contributed by atoms with Crippen LogP contribution in [0.15, 0.2) is 24.3 Å². The van der Waals surface area contributed by atoms with Gasteiger partial charge < -0.3 is 14.7 Å². The molecule has 0 aliphatic carbocycles. The molecule has 0 bridgehead atoms. The molecule has 1 amide bonds. The lowest BCUT2D eigenvalue weighted by molar-refractivity contribution is 0.0641. The molecule has 1 aromatic carbocycles. The second-order valence-corrected chi connectivity index (χ2v) is 5.31. The SMILES string of the molecule is COc1ccc(C(=O)N2CC(O)CC2(C)C)cc1. The van der Waals surface area contributed by atoms with Gasteiger partial charge in [-0.25, -0.2) is 0 Å². The number of nitrogens with zero attached hydrogens (tertiary/aromatic N) is 1. The number of methoxy groups -OCH3 is 1. The summed E-state index contributed by atoms with van der Waals surface area (Å²) in [5.74, 6) is 0.687. The number of aliphatic hydroxyl groups is 1. The van der Waals surface area contributed by atoms with E-state index in [9.17, 15) is 9.90 Å². The van der Waals surface area contributed by atoms with Crippen LogP contribution < -0.4 is 4.74 Å². The Hall–Kier alpha value is -1.55. The molecule has 0 saturated carbocycles. The molecule has 1 N–H and O–H groups in total. The highest BCUT2D eigenvalue weighted by Gasteiger charge is 2.40. The number of amides is 1. The number of β-amino-alcohol motifs (C(OH)–C–C–N with tert-alkyl or cyclic N) is 1. The zero-order valence-electron chi connectivity index (χ0n) is 11.0. The van der Waals surface area contributed by atoms with Gasteiger partial charge in [0.2, 0.25) is 0 Å². The van der Waals surface area contributed by atoms with Crippen LogP contribution in [0, 0.1) is 0 Å². The largest absolute Gasteiger partial charge is 0.497 e. The Kier molecular flexibility index (Phi) is 3.30. The fourth-order valence-corrected chi connectivity index (χ4v) is 2.46. The molecule has 1 atom stereocenters. The summed E-state index contributed by atoms with van der Waals surface area (Å²) in [6, 6.07) is 7.05. The van der Waals surface area contributed by atoms with Crippen molar-refractivity contribution in [3.63, 3.8) is 0 Å². The van der Waals surface area contributed by atoms with E-state index in [0.717, 1.165) is 5.75 Å². The summed E-state index contributed by atoms with van der Waals surface area (Å²) in [5, 5.41) is 9.70. The number of carbonyl (C=O) groups is 1. The van der Waals surface area contributed by atoms with Gasteiger partial charge in [0.05, 0.1) is 13.2 Å². The van der Waals surface area contributed by atoms with Gasteiger partial charge in [-0.2, -0.15) is 0 Å². The number of aliphatic hydroxyl groups excluding tert-OH is 1. The van der Waals surface area contributed by atoms with Gasteiger partial charge in [-0.3, -0.25) is 4.79 Å². The number of benzene rings is 1. The van der Waals surface area contributed by atoms with Crippen LogP contribution in [0.3, 0.4) is 0 Å². The van der Waals surface area contributed by atoms with Crippen molar-refractivity contribution in [2.45, 2.75) is 31.9 Å². The first kappa shape index (κ1) is 12.9. The van der Waals surface area contributed by atoms with Crippen molar-refractivity contribution in [2.75, 3.05) is 13.7 Å². The second kappa shape index (κ2) is 4.61. The van der Waals surface area contributed by atoms with E-state index in [2.05, 4.69) is 0 Å². The Morgan fingerprint density at radius 1 is 1.39 bits per heavy atom. The molecule has 1 aliphatic rings. The van der Waals surface area contributed by atoms with Crippen LogP contribution in [0.1, 0.15) is 30.6 Å². The molecule has 98 valence electrons. The maximum atomic E-state index is 12.4. The zero-order chi connectivity index (χ0) is 13.3. The van der Waals surface area contributed by atoms with Gasteiger partial charge in [0, 0.05) is 17.6 Å². The quantitative estimate of drug-likeness (QED) is 0.867. The molecule has 2 rings (SSSR count). The van der Waals surface area contributed by atoms with Gasteiger partial charge in [0.15, 0.2) is 0 Å². The first-order valence-corrected chi connectivity index (χ1v) is 6.08. The van der Waals surface area contributed by atoms with E-state index < -0.39 is 6.10 Å². The van der Waals surface area contributed by atoms with E-state index in [1.807, 2.05) is 13.8 Å². The van der Waals surface area contributed by atoms with Crippen LogP contribution in [0.2, 0.25) is 0 Å². The van der Waals surface area contributed by atoms with Crippen LogP contribution in [-0.2, 0) is 0 Å². The molecule has 1 heterocycles. The minimum Gasteiger partial charge on any atom is -0.497 e. The molecular formula is C14H19NO3. The standard InChI is InChI=1S/C14H19NO3/c1-14(2)8-11(16)9-15(14)13(17)10-4-6-12(18-3)7-5-10/h4-7,11,16H,8-9H2,1-3H3. The molecule has 1 aromatic rings. The van der Waals surface area contributed by atoms with Crippen LogP contribution in [0.25, 0.3) is 0 Å². The Bertz CT molecular complexity index is 439. The molecular weight excluding hydrogens is 230 g/mol.